The average molecular weight is 236 g/mol. The summed E-state index contributed by atoms with van der Waals surface area (Å²) in [5.74, 6) is 0.393. The van der Waals surface area contributed by atoms with Gasteiger partial charge in [0.15, 0.2) is 0 Å². The van der Waals surface area contributed by atoms with Gasteiger partial charge in [0, 0.05) is 6.20 Å². The molecule has 2 rings (SSSR count). The second-order valence-electron chi connectivity index (χ2n) is 4.02. The van der Waals surface area contributed by atoms with E-state index in [0.717, 1.165) is 11.4 Å². The zero-order valence-electron chi connectivity index (χ0n) is 9.31. The fourth-order valence-corrected chi connectivity index (χ4v) is 1.81. The van der Waals surface area contributed by atoms with Crippen LogP contribution in [-0.4, -0.2) is 9.78 Å². The normalized spacial score (nSPS) is 11.0. The lowest BCUT2D eigenvalue weighted by atomic mass is 10.1. The maximum absolute atomic E-state index is 6.11. The van der Waals surface area contributed by atoms with E-state index in [2.05, 4.69) is 18.9 Å². The number of para-hydroxylation sites is 1. The van der Waals surface area contributed by atoms with Crippen molar-refractivity contribution in [2.45, 2.75) is 19.8 Å². The van der Waals surface area contributed by atoms with Crippen LogP contribution in [0.1, 0.15) is 25.5 Å². The van der Waals surface area contributed by atoms with Gasteiger partial charge in [0.2, 0.25) is 0 Å². The van der Waals surface area contributed by atoms with E-state index in [1.54, 1.807) is 4.68 Å². The topological polar surface area (TPSA) is 43.8 Å². The Bertz CT molecular complexity index is 482. The first-order valence-corrected chi connectivity index (χ1v) is 5.57. The standard InChI is InChI=1S/C12H14ClN3/c1-8(2)11-6-7-16(15-11)12-9(13)4-3-5-10(12)14/h3-8H,14H2,1-2H3. The molecule has 1 aromatic carbocycles. The molecule has 3 nitrogen and oxygen atoms in total. The summed E-state index contributed by atoms with van der Waals surface area (Å²) in [4.78, 5) is 0. The van der Waals surface area contributed by atoms with Crippen LogP contribution in [0.15, 0.2) is 30.5 Å². The molecular formula is C12H14ClN3. The van der Waals surface area contributed by atoms with E-state index in [1.807, 2.05) is 30.5 Å². The van der Waals surface area contributed by atoms with Gasteiger partial charge in [-0.3, -0.25) is 0 Å². The molecule has 0 bridgehead atoms. The first-order chi connectivity index (χ1) is 7.59. The third-order valence-electron chi connectivity index (χ3n) is 2.45. The molecule has 0 fully saturated rings. The molecule has 16 heavy (non-hydrogen) atoms. The lowest BCUT2D eigenvalue weighted by Crippen LogP contribution is -2.02. The van der Waals surface area contributed by atoms with Gasteiger partial charge in [-0.1, -0.05) is 31.5 Å². The first kappa shape index (κ1) is 11.0. The van der Waals surface area contributed by atoms with Crippen molar-refractivity contribution >= 4 is 17.3 Å². The van der Waals surface area contributed by atoms with Gasteiger partial charge in [-0.15, -0.1) is 0 Å². The number of halogens is 1. The molecule has 0 aliphatic rings. The van der Waals surface area contributed by atoms with E-state index in [4.69, 9.17) is 17.3 Å². The molecule has 84 valence electrons. The van der Waals surface area contributed by atoms with Gasteiger partial charge in [0.05, 0.1) is 16.4 Å². The van der Waals surface area contributed by atoms with Crippen molar-refractivity contribution in [3.8, 4) is 5.69 Å². The fraction of sp³-hybridized carbons (Fsp3) is 0.250. The van der Waals surface area contributed by atoms with Gasteiger partial charge in [-0.05, 0) is 24.1 Å². The third-order valence-corrected chi connectivity index (χ3v) is 2.75. The smallest absolute Gasteiger partial charge is 0.106 e. The molecule has 0 unspecified atom stereocenters. The number of hydrogen-bond acceptors (Lipinski definition) is 2. The predicted octanol–water partition coefficient (Wildman–Crippen LogP) is 3.23. The maximum Gasteiger partial charge on any atom is 0.106 e. The van der Waals surface area contributed by atoms with Crippen LogP contribution in [0.4, 0.5) is 5.69 Å². The SMILES string of the molecule is CC(C)c1ccn(-c2c(N)cccc2Cl)n1. The lowest BCUT2D eigenvalue weighted by Gasteiger charge is -2.07. The highest BCUT2D eigenvalue weighted by Crippen LogP contribution is 2.26. The van der Waals surface area contributed by atoms with Crippen molar-refractivity contribution in [1.82, 2.24) is 9.78 Å². The van der Waals surface area contributed by atoms with E-state index in [-0.39, 0.29) is 0 Å². The summed E-state index contributed by atoms with van der Waals surface area (Å²) < 4.78 is 1.73. The van der Waals surface area contributed by atoms with Crippen LogP contribution < -0.4 is 5.73 Å². The van der Waals surface area contributed by atoms with Crippen molar-refractivity contribution in [2.75, 3.05) is 5.73 Å². The first-order valence-electron chi connectivity index (χ1n) is 5.19. The summed E-state index contributed by atoms with van der Waals surface area (Å²) in [6, 6.07) is 7.43. The molecule has 0 spiro atoms. The van der Waals surface area contributed by atoms with Gasteiger partial charge in [0.1, 0.15) is 5.69 Å². The number of hydrogen-bond donors (Lipinski definition) is 1. The van der Waals surface area contributed by atoms with Crippen LogP contribution >= 0.6 is 11.6 Å². The van der Waals surface area contributed by atoms with Crippen LogP contribution in [-0.2, 0) is 0 Å². The highest BCUT2D eigenvalue weighted by molar-refractivity contribution is 6.32. The van der Waals surface area contributed by atoms with E-state index in [1.165, 1.54) is 0 Å². The van der Waals surface area contributed by atoms with Crippen LogP contribution in [0.5, 0.6) is 0 Å². The quantitative estimate of drug-likeness (QED) is 0.813. The number of anilines is 1. The van der Waals surface area contributed by atoms with Gasteiger partial charge < -0.3 is 5.73 Å². The lowest BCUT2D eigenvalue weighted by molar-refractivity contribution is 0.769. The van der Waals surface area contributed by atoms with Gasteiger partial charge >= 0.3 is 0 Å². The van der Waals surface area contributed by atoms with Crippen molar-refractivity contribution in [3.63, 3.8) is 0 Å². The molecular weight excluding hydrogens is 222 g/mol. The summed E-state index contributed by atoms with van der Waals surface area (Å²) in [6.07, 6.45) is 1.88. The van der Waals surface area contributed by atoms with Gasteiger partial charge in [0.25, 0.3) is 0 Å². The Morgan fingerprint density at radius 3 is 2.62 bits per heavy atom. The number of nitrogen functional groups attached to an aromatic ring is 1. The number of benzene rings is 1. The van der Waals surface area contributed by atoms with Crippen LogP contribution in [0, 0.1) is 0 Å². The summed E-state index contributed by atoms with van der Waals surface area (Å²) >= 11 is 6.11. The molecule has 2 N–H and O–H groups in total. The van der Waals surface area contributed by atoms with Crippen LogP contribution in [0.25, 0.3) is 5.69 Å². The number of nitrogens with two attached hydrogens (primary N) is 1. The van der Waals surface area contributed by atoms with Crippen LogP contribution in [0.3, 0.4) is 0 Å². The Morgan fingerprint density at radius 1 is 1.31 bits per heavy atom. The molecule has 0 saturated carbocycles. The van der Waals surface area contributed by atoms with E-state index >= 15 is 0 Å². The van der Waals surface area contributed by atoms with Gasteiger partial charge in [-0.2, -0.15) is 5.10 Å². The van der Waals surface area contributed by atoms with Gasteiger partial charge in [-0.25, -0.2) is 4.68 Å². The highest BCUT2D eigenvalue weighted by Gasteiger charge is 2.09. The van der Waals surface area contributed by atoms with E-state index < -0.39 is 0 Å². The van der Waals surface area contributed by atoms with Crippen LogP contribution in [0.2, 0.25) is 5.02 Å². The zero-order chi connectivity index (χ0) is 11.7. The number of aromatic nitrogens is 2. The van der Waals surface area contributed by atoms with E-state index in [9.17, 15) is 0 Å². The molecule has 0 radical (unpaired) electrons. The zero-order valence-corrected chi connectivity index (χ0v) is 10.1. The Morgan fingerprint density at radius 2 is 2.06 bits per heavy atom. The average Bonchev–Trinajstić information content (AvgIpc) is 2.66. The monoisotopic (exact) mass is 235 g/mol. The minimum atomic E-state index is 0.393. The van der Waals surface area contributed by atoms with Crippen molar-refractivity contribution < 1.29 is 0 Å². The van der Waals surface area contributed by atoms with Crippen molar-refractivity contribution in [3.05, 3.63) is 41.2 Å². The molecule has 2 aromatic rings. The fourth-order valence-electron chi connectivity index (χ4n) is 1.54. The molecule has 1 aromatic heterocycles. The molecule has 0 aliphatic carbocycles. The van der Waals surface area contributed by atoms with E-state index in [0.29, 0.717) is 16.6 Å². The number of rotatable bonds is 2. The highest BCUT2D eigenvalue weighted by atomic mass is 35.5. The molecule has 1 heterocycles. The minimum absolute atomic E-state index is 0.393. The molecule has 0 amide bonds. The minimum Gasteiger partial charge on any atom is -0.397 e. The molecule has 0 atom stereocenters. The molecule has 0 saturated heterocycles. The molecule has 0 aliphatic heterocycles. The molecule has 4 heteroatoms. The van der Waals surface area contributed by atoms with Crippen molar-refractivity contribution in [2.24, 2.45) is 0 Å². The predicted molar refractivity (Wildman–Crippen MR) is 67.1 cm³/mol. The largest absolute Gasteiger partial charge is 0.397 e. The Balaban J connectivity index is 2.50. The summed E-state index contributed by atoms with van der Waals surface area (Å²) in [5.41, 5.74) is 8.30. The third kappa shape index (κ3) is 1.91. The maximum atomic E-state index is 6.11. The Labute approximate surface area is 99.8 Å². The van der Waals surface area contributed by atoms with Crippen molar-refractivity contribution in [1.29, 1.82) is 0 Å². The second kappa shape index (κ2) is 4.18. The Hall–Kier alpha value is -1.48. The Kier molecular flexibility index (Phi) is 2.88. The summed E-state index contributed by atoms with van der Waals surface area (Å²) in [6.45, 7) is 4.20. The number of nitrogens with zero attached hydrogens (tertiary/aromatic N) is 2. The summed E-state index contributed by atoms with van der Waals surface area (Å²) in [7, 11) is 0. The second-order valence-corrected chi connectivity index (χ2v) is 4.42. The summed E-state index contributed by atoms with van der Waals surface area (Å²) in [5, 5.41) is 5.06.